The Balaban J connectivity index is 1.28. The SMILES string of the molecule is O=C(Cc1ccc(C(F)(F)F)cc1)N1CCN(c2ccc(Nc3ccncc3)nn2)CC1. The van der Waals surface area contributed by atoms with Crippen LogP contribution in [0.5, 0.6) is 0 Å². The van der Waals surface area contributed by atoms with Crippen molar-refractivity contribution in [1.82, 2.24) is 20.1 Å². The third-order valence-corrected chi connectivity index (χ3v) is 5.20. The number of hydrogen-bond acceptors (Lipinski definition) is 6. The van der Waals surface area contributed by atoms with E-state index in [9.17, 15) is 18.0 Å². The third-order valence-electron chi connectivity index (χ3n) is 5.20. The van der Waals surface area contributed by atoms with Crippen LogP contribution in [0.15, 0.2) is 60.9 Å². The lowest BCUT2D eigenvalue weighted by molar-refractivity contribution is -0.137. The maximum atomic E-state index is 12.7. The monoisotopic (exact) mass is 442 g/mol. The van der Waals surface area contributed by atoms with Gasteiger partial charge < -0.3 is 15.1 Å². The summed E-state index contributed by atoms with van der Waals surface area (Å²) in [5, 5.41) is 11.6. The molecule has 4 rings (SSSR count). The minimum absolute atomic E-state index is 0.0767. The summed E-state index contributed by atoms with van der Waals surface area (Å²) in [6.45, 7) is 2.23. The van der Waals surface area contributed by atoms with Crippen molar-refractivity contribution >= 4 is 23.2 Å². The van der Waals surface area contributed by atoms with Gasteiger partial charge in [0.2, 0.25) is 5.91 Å². The second kappa shape index (κ2) is 9.21. The molecule has 0 aliphatic carbocycles. The van der Waals surface area contributed by atoms with Crippen molar-refractivity contribution in [3.05, 3.63) is 72.1 Å². The molecule has 1 saturated heterocycles. The van der Waals surface area contributed by atoms with Crippen LogP contribution in [0, 0.1) is 0 Å². The number of amides is 1. The number of benzene rings is 1. The quantitative estimate of drug-likeness (QED) is 0.652. The topological polar surface area (TPSA) is 74.2 Å². The van der Waals surface area contributed by atoms with Gasteiger partial charge in [-0.3, -0.25) is 9.78 Å². The molecule has 1 fully saturated rings. The Bertz CT molecular complexity index is 1030. The molecule has 0 unspecified atom stereocenters. The lowest BCUT2D eigenvalue weighted by Gasteiger charge is -2.35. The summed E-state index contributed by atoms with van der Waals surface area (Å²) in [5.74, 6) is 1.23. The zero-order valence-corrected chi connectivity index (χ0v) is 17.1. The molecule has 2 aromatic heterocycles. The second-order valence-corrected chi connectivity index (χ2v) is 7.38. The van der Waals surface area contributed by atoms with E-state index in [1.807, 2.05) is 29.2 Å². The number of nitrogens with one attached hydrogen (secondary N) is 1. The van der Waals surface area contributed by atoms with Crippen LogP contribution in [0.4, 0.5) is 30.5 Å². The van der Waals surface area contributed by atoms with Crippen molar-refractivity contribution in [3.8, 4) is 0 Å². The molecule has 10 heteroatoms. The molecule has 1 aromatic carbocycles. The minimum atomic E-state index is -4.38. The van der Waals surface area contributed by atoms with Crippen LogP contribution < -0.4 is 10.2 Å². The van der Waals surface area contributed by atoms with Crippen LogP contribution in [-0.2, 0) is 17.4 Å². The molecule has 1 N–H and O–H groups in total. The zero-order chi connectivity index (χ0) is 22.6. The molecule has 166 valence electrons. The molecule has 0 radical (unpaired) electrons. The molecule has 1 amide bonds. The van der Waals surface area contributed by atoms with E-state index in [1.165, 1.54) is 12.1 Å². The average molecular weight is 442 g/mol. The molecule has 3 aromatic rings. The van der Waals surface area contributed by atoms with Crippen LogP contribution >= 0.6 is 0 Å². The van der Waals surface area contributed by atoms with Gasteiger partial charge in [0, 0.05) is 44.3 Å². The van der Waals surface area contributed by atoms with Gasteiger partial charge >= 0.3 is 6.18 Å². The van der Waals surface area contributed by atoms with E-state index in [4.69, 9.17) is 0 Å². The Morgan fingerprint density at radius 2 is 1.59 bits per heavy atom. The third kappa shape index (κ3) is 5.32. The first kappa shape index (κ1) is 21.5. The largest absolute Gasteiger partial charge is 0.416 e. The number of hydrogen-bond donors (Lipinski definition) is 1. The van der Waals surface area contributed by atoms with E-state index in [0.717, 1.165) is 23.6 Å². The summed E-state index contributed by atoms with van der Waals surface area (Å²) in [5.41, 5.74) is 0.709. The maximum Gasteiger partial charge on any atom is 0.416 e. The highest BCUT2D eigenvalue weighted by atomic mass is 19.4. The minimum Gasteiger partial charge on any atom is -0.352 e. The number of carbonyl (C=O) groups excluding carboxylic acids is 1. The van der Waals surface area contributed by atoms with Crippen LogP contribution in [0.2, 0.25) is 0 Å². The van der Waals surface area contributed by atoms with Gasteiger partial charge in [0.05, 0.1) is 12.0 Å². The number of alkyl halides is 3. The van der Waals surface area contributed by atoms with Crippen molar-refractivity contribution in [3.63, 3.8) is 0 Å². The van der Waals surface area contributed by atoms with Crippen LogP contribution in [0.3, 0.4) is 0 Å². The van der Waals surface area contributed by atoms with Crippen molar-refractivity contribution in [1.29, 1.82) is 0 Å². The first-order chi connectivity index (χ1) is 15.4. The van der Waals surface area contributed by atoms with Gasteiger partial charge in [0.1, 0.15) is 0 Å². The lowest BCUT2D eigenvalue weighted by atomic mass is 10.1. The zero-order valence-electron chi connectivity index (χ0n) is 17.1. The van der Waals surface area contributed by atoms with Gasteiger partial charge in [-0.25, -0.2) is 0 Å². The van der Waals surface area contributed by atoms with Gasteiger partial charge in [-0.1, -0.05) is 12.1 Å². The molecule has 0 saturated carbocycles. The summed E-state index contributed by atoms with van der Waals surface area (Å²) >= 11 is 0. The van der Waals surface area contributed by atoms with Gasteiger partial charge in [-0.05, 0) is 42.0 Å². The predicted octanol–water partition coefficient (Wildman–Crippen LogP) is 3.53. The predicted molar refractivity (Wildman–Crippen MR) is 113 cm³/mol. The Kier molecular flexibility index (Phi) is 6.20. The van der Waals surface area contributed by atoms with E-state index >= 15 is 0 Å². The van der Waals surface area contributed by atoms with E-state index in [2.05, 4.69) is 20.5 Å². The molecule has 3 heterocycles. The fourth-order valence-electron chi connectivity index (χ4n) is 3.43. The van der Waals surface area contributed by atoms with E-state index in [-0.39, 0.29) is 12.3 Å². The van der Waals surface area contributed by atoms with E-state index in [1.54, 1.807) is 17.3 Å². The number of anilines is 3. The van der Waals surface area contributed by atoms with Crippen molar-refractivity contribution in [2.45, 2.75) is 12.6 Å². The summed E-state index contributed by atoms with van der Waals surface area (Å²) in [6, 6.07) is 12.1. The Hall–Kier alpha value is -3.69. The van der Waals surface area contributed by atoms with E-state index < -0.39 is 11.7 Å². The molecule has 0 bridgehead atoms. The highest BCUT2D eigenvalue weighted by Gasteiger charge is 2.30. The van der Waals surface area contributed by atoms with Gasteiger partial charge in [0.15, 0.2) is 11.6 Å². The number of piperazine rings is 1. The van der Waals surface area contributed by atoms with Crippen molar-refractivity contribution in [2.24, 2.45) is 0 Å². The number of pyridine rings is 1. The molecule has 32 heavy (non-hydrogen) atoms. The molecule has 1 aliphatic rings. The molecule has 0 atom stereocenters. The summed E-state index contributed by atoms with van der Waals surface area (Å²) < 4.78 is 38.0. The fraction of sp³-hybridized carbons (Fsp3) is 0.273. The van der Waals surface area contributed by atoms with Crippen molar-refractivity contribution in [2.75, 3.05) is 36.4 Å². The summed E-state index contributed by atoms with van der Waals surface area (Å²) in [6.07, 6.45) is -0.937. The van der Waals surface area contributed by atoms with Crippen LogP contribution in [0.25, 0.3) is 0 Å². The Labute approximate surface area is 182 Å². The van der Waals surface area contributed by atoms with Gasteiger partial charge in [-0.2, -0.15) is 13.2 Å². The highest BCUT2D eigenvalue weighted by molar-refractivity contribution is 5.79. The number of aromatic nitrogens is 3. The number of carbonyl (C=O) groups is 1. The first-order valence-corrected chi connectivity index (χ1v) is 10.1. The fourth-order valence-corrected chi connectivity index (χ4v) is 3.43. The Morgan fingerprint density at radius 1 is 0.906 bits per heavy atom. The van der Waals surface area contributed by atoms with Gasteiger partial charge in [-0.15, -0.1) is 10.2 Å². The number of nitrogens with zero attached hydrogens (tertiary/aromatic N) is 5. The smallest absolute Gasteiger partial charge is 0.352 e. The molecule has 0 spiro atoms. The average Bonchev–Trinajstić information content (AvgIpc) is 2.80. The highest BCUT2D eigenvalue weighted by Crippen LogP contribution is 2.29. The van der Waals surface area contributed by atoms with Gasteiger partial charge in [0.25, 0.3) is 0 Å². The lowest BCUT2D eigenvalue weighted by Crippen LogP contribution is -2.49. The number of rotatable bonds is 5. The van der Waals surface area contributed by atoms with Crippen LogP contribution in [0.1, 0.15) is 11.1 Å². The summed E-state index contributed by atoms with van der Waals surface area (Å²) in [4.78, 5) is 20.3. The van der Waals surface area contributed by atoms with E-state index in [0.29, 0.717) is 37.6 Å². The summed E-state index contributed by atoms with van der Waals surface area (Å²) in [7, 11) is 0. The first-order valence-electron chi connectivity index (χ1n) is 10.1. The molecule has 7 nitrogen and oxygen atoms in total. The van der Waals surface area contributed by atoms with Crippen LogP contribution in [-0.4, -0.2) is 52.2 Å². The van der Waals surface area contributed by atoms with Crippen molar-refractivity contribution < 1.29 is 18.0 Å². The molecular weight excluding hydrogens is 421 g/mol. The maximum absolute atomic E-state index is 12.7. The standard InChI is InChI=1S/C22H21F3N6O/c23-22(24,25)17-3-1-16(2-4-17)15-21(32)31-13-11-30(12-14-31)20-6-5-19(28-29-20)27-18-7-9-26-10-8-18/h1-10H,11-15H2,(H,26,27,28). The Morgan fingerprint density at radius 3 is 2.19 bits per heavy atom. The normalized spacial score (nSPS) is 14.3. The molecule has 1 aliphatic heterocycles. The second-order valence-electron chi connectivity index (χ2n) is 7.38. The molecular formula is C22H21F3N6O. The number of halogens is 3.